The molecule has 2 N–H and O–H groups in total. The first-order valence-electron chi connectivity index (χ1n) is 12.5. The lowest BCUT2D eigenvalue weighted by Crippen LogP contribution is -2.39. The summed E-state index contributed by atoms with van der Waals surface area (Å²) < 4.78 is 6.05. The Morgan fingerprint density at radius 1 is 1.14 bits per heavy atom. The zero-order valence-electron chi connectivity index (χ0n) is 20.2. The highest BCUT2D eigenvalue weighted by atomic mass is 35.5. The third-order valence-electron chi connectivity index (χ3n) is 6.75. The molecule has 0 bridgehead atoms. The molecule has 0 saturated carbocycles. The average molecular weight is 503 g/mol. The standard InChI is InChI=1S/C29H31ClN4O2/c30-24-9-6-22(7-10-24)28(26-5-1-2-14-32-26)34-18-3-4-21-8-11-25(20-27(21)34)36-19-17-33-29(35)23-12-15-31-16-13-23/h1-3,5-11,14,18,20,23,28,31H,4,12-13,15-17,19H2,(H,33,35)/t28-/m0/s1. The second-order valence-corrected chi connectivity index (χ2v) is 9.60. The van der Waals surface area contributed by atoms with Crippen molar-refractivity contribution in [3.63, 3.8) is 0 Å². The van der Waals surface area contributed by atoms with E-state index in [1.807, 2.05) is 42.6 Å². The van der Waals surface area contributed by atoms with Crippen LogP contribution in [0.5, 0.6) is 5.75 Å². The number of nitrogens with one attached hydrogen (secondary N) is 2. The third kappa shape index (κ3) is 5.72. The highest BCUT2D eigenvalue weighted by Gasteiger charge is 2.26. The number of piperidine rings is 1. The number of amides is 1. The van der Waals surface area contributed by atoms with Gasteiger partial charge in [0, 0.05) is 35.1 Å². The van der Waals surface area contributed by atoms with Crippen LogP contribution in [0.4, 0.5) is 5.69 Å². The van der Waals surface area contributed by atoms with Gasteiger partial charge in [-0.2, -0.15) is 0 Å². The van der Waals surface area contributed by atoms with E-state index in [2.05, 4.69) is 57.1 Å². The predicted molar refractivity (Wildman–Crippen MR) is 143 cm³/mol. The monoisotopic (exact) mass is 502 g/mol. The molecule has 2 aromatic carbocycles. The number of allylic oxidation sites excluding steroid dienone is 1. The summed E-state index contributed by atoms with van der Waals surface area (Å²) in [6.45, 7) is 2.73. The number of halogens is 1. The summed E-state index contributed by atoms with van der Waals surface area (Å²) in [6.07, 6.45) is 8.76. The van der Waals surface area contributed by atoms with Gasteiger partial charge >= 0.3 is 0 Å². The maximum Gasteiger partial charge on any atom is 0.223 e. The van der Waals surface area contributed by atoms with Crippen LogP contribution in [0, 0.1) is 5.92 Å². The fourth-order valence-electron chi connectivity index (χ4n) is 4.87. The summed E-state index contributed by atoms with van der Waals surface area (Å²) in [5.41, 5.74) is 4.35. The maximum absolute atomic E-state index is 12.4. The van der Waals surface area contributed by atoms with Crippen LogP contribution in [0.25, 0.3) is 0 Å². The summed E-state index contributed by atoms with van der Waals surface area (Å²) in [4.78, 5) is 19.3. The van der Waals surface area contributed by atoms with Crippen LogP contribution < -0.4 is 20.3 Å². The van der Waals surface area contributed by atoms with Crippen molar-refractivity contribution in [3.8, 4) is 5.75 Å². The van der Waals surface area contributed by atoms with E-state index in [9.17, 15) is 4.79 Å². The van der Waals surface area contributed by atoms with Gasteiger partial charge < -0.3 is 20.3 Å². The minimum Gasteiger partial charge on any atom is -0.492 e. The van der Waals surface area contributed by atoms with Crippen molar-refractivity contribution < 1.29 is 9.53 Å². The molecule has 2 aliphatic rings. The summed E-state index contributed by atoms with van der Waals surface area (Å²) in [5, 5.41) is 7.03. The molecule has 36 heavy (non-hydrogen) atoms. The second kappa shape index (κ2) is 11.6. The molecule has 0 unspecified atom stereocenters. The van der Waals surface area contributed by atoms with Gasteiger partial charge in [-0.05, 0) is 73.8 Å². The first-order valence-corrected chi connectivity index (χ1v) is 12.9. The first kappa shape index (κ1) is 24.3. The van der Waals surface area contributed by atoms with Gasteiger partial charge in [0.05, 0.1) is 12.2 Å². The molecule has 186 valence electrons. The Labute approximate surface area is 217 Å². The Hall–Kier alpha value is -3.35. The average Bonchev–Trinajstić information content (AvgIpc) is 2.93. The predicted octanol–water partition coefficient (Wildman–Crippen LogP) is 4.90. The number of hydrogen-bond acceptors (Lipinski definition) is 5. The maximum atomic E-state index is 12.4. The van der Waals surface area contributed by atoms with E-state index < -0.39 is 0 Å². The van der Waals surface area contributed by atoms with Gasteiger partial charge in [-0.25, -0.2) is 0 Å². The molecule has 1 atom stereocenters. The Balaban J connectivity index is 1.32. The van der Waals surface area contributed by atoms with Gasteiger partial charge in [0.25, 0.3) is 0 Å². The van der Waals surface area contributed by atoms with Crippen molar-refractivity contribution in [1.82, 2.24) is 15.6 Å². The summed E-state index contributed by atoms with van der Waals surface area (Å²) >= 11 is 6.19. The smallest absolute Gasteiger partial charge is 0.223 e. The van der Waals surface area contributed by atoms with Crippen molar-refractivity contribution >= 4 is 23.2 Å². The first-order chi connectivity index (χ1) is 17.7. The van der Waals surface area contributed by atoms with E-state index in [0.717, 1.165) is 55.0 Å². The topological polar surface area (TPSA) is 66.5 Å². The van der Waals surface area contributed by atoms with Crippen LogP contribution in [-0.2, 0) is 11.2 Å². The Morgan fingerprint density at radius 3 is 2.75 bits per heavy atom. The summed E-state index contributed by atoms with van der Waals surface area (Å²) in [5.74, 6) is 1.01. The number of benzene rings is 2. The molecule has 6 nitrogen and oxygen atoms in total. The van der Waals surface area contributed by atoms with Crippen molar-refractivity contribution in [1.29, 1.82) is 0 Å². The van der Waals surface area contributed by atoms with Crippen molar-refractivity contribution in [2.45, 2.75) is 25.3 Å². The molecule has 3 aromatic rings. The van der Waals surface area contributed by atoms with Crippen LogP contribution in [0.15, 0.2) is 79.1 Å². The fourth-order valence-corrected chi connectivity index (χ4v) is 5.00. The number of pyridine rings is 1. The number of ether oxygens (including phenoxy) is 1. The fraction of sp³-hybridized carbons (Fsp3) is 0.310. The number of anilines is 1. The SMILES string of the molecule is O=C(NCCOc1ccc2c(c1)N([C@@H](c1ccc(Cl)cc1)c1ccccn1)C=CC2)C1CCNCC1. The normalized spacial score (nSPS) is 16.3. The molecule has 5 rings (SSSR count). The number of carbonyl (C=O) groups excluding carboxylic acids is 1. The van der Waals surface area contributed by atoms with E-state index in [4.69, 9.17) is 16.3 Å². The van der Waals surface area contributed by atoms with Crippen LogP contribution in [-0.4, -0.2) is 37.1 Å². The van der Waals surface area contributed by atoms with E-state index in [-0.39, 0.29) is 17.9 Å². The number of fused-ring (bicyclic) bond motifs is 1. The van der Waals surface area contributed by atoms with Crippen molar-refractivity contribution in [2.75, 3.05) is 31.1 Å². The lowest BCUT2D eigenvalue weighted by Gasteiger charge is -2.34. The molecular formula is C29H31ClN4O2. The largest absolute Gasteiger partial charge is 0.492 e. The van der Waals surface area contributed by atoms with Crippen molar-refractivity contribution in [3.05, 3.63) is 101 Å². The number of carbonyl (C=O) groups is 1. The summed E-state index contributed by atoms with van der Waals surface area (Å²) in [7, 11) is 0. The second-order valence-electron chi connectivity index (χ2n) is 9.16. The molecule has 1 saturated heterocycles. The Morgan fingerprint density at radius 2 is 1.97 bits per heavy atom. The number of nitrogens with zero attached hydrogens (tertiary/aromatic N) is 2. The number of rotatable bonds is 8. The highest BCUT2D eigenvalue weighted by Crippen LogP contribution is 2.38. The summed E-state index contributed by atoms with van der Waals surface area (Å²) in [6, 6.07) is 20.0. The van der Waals surface area contributed by atoms with Gasteiger partial charge in [-0.15, -0.1) is 0 Å². The minimum atomic E-state index is -0.113. The van der Waals surface area contributed by atoms with Crippen LogP contribution in [0.1, 0.15) is 35.7 Å². The molecule has 1 fully saturated rings. The quantitative estimate of drug-likeness (QED) is 0.429. The number of hydrogen-bond donors (Lipinski definition) is 2. The Bertz CT molecular complexity index is 1190. The molecule has 1 aromatic heterocycles. The zero-order valence-corrected chi connectivity index (χ0v) is 21.0. The lowest BCUT2D eigenvalue weighted by atomic mass is 9.97. The molecule has 3 heterocycles. The van der Waals surface area contributed by atoms with Gasteiger partial charge in [-0.1, -0.05) is 41.9 Å². The molecule has 7 heteroatoms. The van der Waals surface area contributed by atoms with E-state index >= 15 is 0 Å². The molecule has 2 aliphatic heterocycles. The van der Waals surface area contributed by atoms with Gasteiger partial charge in [-0.3, -0.25) is 9.78 Å². The van der Waals surface area contributed by atoms with Gasteiger partial charge in [0.15, 0.2) is 0 Å². The van der Waals surface area contributed by atoms with E-state index in [1.165, 1.54) is 5.56 Å². The minimum absolute atomic E-state index is 0.103. The zero-order chi connectivity index (χ0) is 24.7. The van der Waals surface area contributed by atoms with Gasteiger partial charge in [0.1, 0.15) is 18.4 Å². The highest BCUT2D eigenvalue weighted by molar-refractivity contribution is 6.30. The lowest BCUT2D eigenvalue weighted by molar-refractivity contribution is -0.125. The molecule has 0 aliphatic carbocycles. The van der Waals surface area contributed by atoms with Crippen molar-refractivity contribution in [2.24, 2.45) is 5.92 Å². The van der Waals surface area contributed by atoms with Crippen LogP contribution in [0.3, 0.4) is 0 Å². The van der Waals surface area contributed by atoms with Crippen LogP contribution in [0.2, 0.25) is 5.02 Å². The van der Waals surface area contributed by atoms with Gasteiger partial charge in [0.2, 0.25) is 5.91 Å². The van der Waals surface area contributed by atoms with E-state index in [0.29, 0.717) is 18.2 Å². The van der Waals surface area contributed by atoms with Crippen LogP contribution >= 0.6 is 11.6 Å². The molecule has 0 spiro atoms. The molecular weight excluding hydrogens is 472 g/mol. The third-order valence-corrected chi connectivity index (χ3v) is 7.00. The Kier molecular flexibility index (Phi) is 7.84. The number of aromatic nitrogens is 1. The molecule has 0 radical (unpaired) electrons. The molecule has 1 amide bonds. The van der Waals surface area contributed by atoms with E-state index in [1.54, 1.807) is 0 Å².